The average molecular weight is 239 g/mol. The monoisotopic (exact) mass is 239 g/mol. The molecule has 1 aromatic heterocycles. The molecule has 1 rings (SSSR count). The van der Waals surface area contributed by atoms with Crippen LogP contribution in [-0.2, 0) is 7.05 Å². The van der Waals surface area contributed by atoms with Gasteiger partial charge in [0.05, 0.1) is 11.8 Å². The highest BCUT2D eigenvalue weighted by atomic mass is 16.3. The molecule has 0 spiro atoms. The molecule has 0 saturated heterocycles. The number of aryl methyl sites for hydroxylation is 1. The molecule has 0 fully saturated rings. The van der Waals surface area contributed by atoms with Gasteiger partial charge in [-0.1, -0.05) is 0 Å². The van der Waals surface area contributed by atoms with Crippen LogP contribution in [-0.4, -0.2) is 44.9 Å². The lowest BCUT2D eigenvalue weighted by molar-refractivity contribution is 0.0692. The number of carbonyl (C=O) groups excluding carboxylic acids is 1. The van der Waals surface area contributed by atoms with Crippen LogP contribution in [0.2, 0.25) is 0 Å². The normalized spacial score (nSPS) is 10.9. The zero-order valence-corrected chi connectivity index (χ0v) is 11.0. The summed E-state index contributed by atoms with van der Waals surface area (Å²) in [5.41, 5.74) is 1.50. The average Bonchev–Trinajstić information content (AvgIpc) is 2.59. The molecular weight excluding hydrogens is 218 g/mol. The molecule has 1 heterocycles. The van der Waals surface area contributed by atoms with Crippen LogP contribution in [0.15, 0.2) is 6.20 Å². The molecule has 1 N–H and O–H groups in total. The number of hydrogen-bond acceptors (Lipinski definition) is 3. The molecule has 0 radical (unpaired) electrons. The van der Waals surface area contributed by atoms with E-state index >= 15 is 0 Å². The first-order valence-corrected chi connectivity index (χ1v) is 5.89. The lowest BCUT2D eigenvalue weighted by atomic mass is 10.2. The summed E-state index contributed by atoms with van der Waals surface area (Å²) in [5.74, 6) is -0.0148. The van der Waals surface area contributed by atoms with Gasteiger partial charge in [0.25, 0.3) is 5.91 Å². The third kappa shape index (κ3) is 3.06. The minimum atomic E-state index is -0.0148. The molecule has 0 unspecified atom stereocenters. The fourth-order valence-corrected chi connectivity index (χ4v) is 1.70. The first-order chi connectivity index (χ1) is 7.99. The molecule has 96 valence electrons. The smallest absolute Gasteiger partial charge is 0.257 e. The number of carbonyl (C=O) groups is 1. The van der Waals surface area contributed by atoms with Gasteiger partial charge in [-0.15, -0.1) is 0 Å². The summed E-state index contributed by atoms with van der Waals surface area (Å²) in [6.45, 7) is 6.50. The van der Waals surface area contributed by atoms with Crippen molar-refractivity contribution < 1.29 is 9.90 Å². The molecule has 1 amide bonds. The molecule has 0 aliphatic rings. The van der Waals surface area contributed by atoms with Crippen molar-refractivity contribution in [2.45, 2.75) is 33.2 Å². The Balaban J connectivity index is 2.88. The Hall–Kier alpha value is -1.36. The third-order valence-electron chi connectivity index (χ3n) is 2.91. The maximum absolute atomic E-state index is 12.3. The summed E-state index contributed by atoms with van der Waals surface area (Å²) in [6.07, 6.45) is 2.20. The Morgan fingerprint density at radius 2 is 2.24 bits per heavy atom. The first-order valence-electron chi connectivity index (χ1n) is 5.89. The van der Waals surface area contributed by atoms with Gasteiger partial charge in [0.2, 0.25) is 0 Å². The maximum Gasteiger partial charge on any atom is 0.257 e. The Labute approximate surface area is 102 Å². The minimum absolute atomic E-state index is 0.0148. The number of aromatic nitrogens is 2. The van der Waals surface area contributed by atoms with Gasteiger partial charge in [0.1, 0.15) is 0 Å². The standard InChI is InChI=1S/C12H21N3O2/c1-9(2)15(6-5-7-16)12(17)11-8-13-14(4)10(11)3/h8-9,16H,5-7H2,1-4H3. The van der Waals surface area contributed by atoms with E-state index in [4.69, 9.17) is 5.11 Å². The molecule has 0 aliphatic carbocycles. The fourth-order valence-electron chi connectivity index (χ4n) is 1.70. The van der Waals surface area contributed by atoms with E-state index in [2.05, 4.69) is 5.10 Å². The molecule has 0 atom stereocenters. The van der Waals surface area contributed by atoms with Gasteiger partial charge in [-0.05, 0) is 27.2 Å². The topological polar surface area (TPSA) is 58.4 Å². The van der Waals surface area contributed by atoms with E-state index in [9.17, 15) is 4.79 Å². The van der Waals surface area contributed by atoms with E-state index in [1.54, 1.807) is 15.8 Å². The second-order valence-electron chi connectivity index (χ2n) is 4.44. The largest absolute Gasteiger partial charge is 0.396 e. The van der Waals surface area contributed by atoms with Crippen LogP contribution in [0.3, 0.4) is 0 Å². The van der Waals surface area contributed by atoms with Crippen molar-refractivity contribution in [3.8, 4) is 0 Å². The molecule has 0 bridgehead atoms. The van der Waals surface area contributed by atoms with E-state index in [1.807, 2.05) is 27.8 Å². The molecule has 1 aromatic rings. The lowest BCUT2D eigenvalue weighted by Gasteiger charge is -2.26. The predicted molar refractivity (Wildman–Crippen MR) is 65.8 cm³/mol. The van der Waals surface area contributed by atoms with Crippen LogP contribution < -0.4 is 0 Å². The first kappa shape index (κ1) is 13.7. The molecule has 17 heavy (non-hydrogen) atoms. The van der Waals surface area contributed by atoms with Gasteiger partial charge in [-0.3, -0.25) is 9.48 Å². The second kappa shape index (κ2) is 5.82. The molecule has 5 nitrogen and oxygen atoms in total. The number of nitrogens with zero attached hydrogens (tertiary/aromatic N) is 3. The Morgan fingerprint density at radius 1 is 1.59 bits per heavy atom. The number of amides is 1. The van der Waals surface area contributed by atoms with Crippen LogP contribution in [0, 0.1) is 6.92 Å². The summed E-state index contributed by atoms with van der Waals surface area (Å²) in [4.78, 5) is 14.1. The zero-order valence-electron chi connectivity index (χ0n) is 11.0. The number of aliphatic hydroxyl groups excluding tert-OH is 1. The summed E-state index contributed by atoms with van der Waals surface area (Å²) >= 11 is 0. The number of aliphatic hydroxyl groups is 1. The fraction of sp³-hybridized carbons (Fsp3) is 0.667. The Morgan fingerprint density at radius 3 is 2.65 bits per heavy atom. The molecule has 0 saturated carbocycles. The van der Waals surface area contributed by atoms with Gasteiger partial charge in [0.15, 0.2) is 0 Å². The van der Waals surface area contributed by atoms with Gasteiger partial charge in [0, 0.05) is 31.9 Å². The van der Waals surface area contributed by atoms with Gasteiger partial charge in [-0.25, -0.2) is 0 Å². The number of rotatable bonds is 5. The van der Waals surface area contributed by atoms with E-state index in [1.165, 1.54) is 0 Å². The van der Waals surface area contributed by atoms with E-state index in [0.29, 0.717) is 18.5 Å². The van der Waals surface area contributed by atoms with Crippen molar-refractivity contribution in [2.24, 2.45) is 7.05 Å². The zero-order chi connectivity index (χ0) is 13.0. The molecule has 5 heteroatoms. The van der Waals surface area contributed by atoms with Crippen LogP contribution in [0.5, 0.6) is 0 Å². The van der Waals surface area contributed by atoms with Crippen molar-refractivity contribution in [2.75, 3.05) is 13.2 Å². The molecular formula is C12H21N3O2. The van der Waals surface area contributed by atoms with Crippen molar-refractivity contribution in [1.82, 2.24) is 14.7 Å². The Kier molecular flexibility index (Phi) is 4.69. The van der Waals surface area contributed by atoms with Crippen molar-refractivity contribution >= 4 is 5.91 Å². The number of hydrogen-bond donors (Lipinski definition) is 1. The maximum atomic E-state index is 12.3. The summed E-state index contributed by atoms with van der Waals surface area (Å²) in [7, 11) is 1.82. The van der Waals surface area contributed by atoms with Crippen LogP contribution in [0.25, 0.3) is 0 Å². The lowest BCUT2D eigenvalue weighted by Crippen LogP contribution is -2.38. The third-order valence-corrected chi connectivity index (χ3v) is 2.91. The van der Waals surface area contributed by atoms with Gasteiger partial charge < -0.3 is 10.0 Å². The van der Waals surface area contributed by atoms with Crippen molar-refractivity contribution in [3.05, 3.63) is 17.5 Å². The van der Waals surface area contributed by atoms with Gasteiger partial charge >= 0.3 is 0 Å². The highest BCUT2D eigenvalue weighted by molar-refractivity contribution is 5.95. The summed E-state index contributed by atoms with van der Waals surface area (Å²) < 4.78 is 1.69. The van der Waals surface area contributed by atoms with Gasteiger partial charge in [-0.2, -0.15) is 5.10 Å². The second-order valence-corrected chi connectivity index (χ2v) is 4.44. The highest BCUT2D eigenvalue weighted by Crippen LogP contribution is 2.12. The molecule has 0 aliphatic heterocycles. The summed E-state index contributed by atoms with van der Waals surface area (Å²) in [5, 5.41) is 12.9. The quantitative estimate of drug-likeness (QED) is 0.832. The summed E-state index contributed by atoms with van der Waals surface area (Å²) in [6, 6.07) is 0.119. The minimum Gasteiger partial charge on any atom is -0.396 e. The van der Waals surface area contributed by atoms with Crippen molar-refractivity contribution in [3.63, 3.8) is 0 Å². The predicted octanol–water partition coefficient (Wildman–Crippen LogP) is 0.962. The highest BCUT2D eigenvalue weighted by Gasteiger charge is 2.21. The van der Waals surface area contributed by atoms with E-state index < -0.39 is 0 Å². The van der Waals surface area contributed by atoms with E-state index in [-0.39, 0.29) is 18.6 Å². The van der Waals surface area contributed by atoms with Crippen molar-refractivity contribution in [1.29, 1.82) is 0 Å². The Bertz CT molecular complexity index is 385. The van der Waals surface area contributed by atoms with Crippen LogP contribution in [0.4, 0.5) is 0 Å². The van der Waals surface area contributed by atoms with Crippen LogP contribution >= 0.6 is 0 Å². The van der Waals surface area contributed by atoms with E-state index in [0.717, 1.165) is 5.69 Å². The SMILES string of the molecule is Cc1c(C(=O)N(CCCO)C(C)C)cnn1C. The molecule has 0 aromatic carbocycles. The van der Waals surface area contributed by atoms with Crippen LogP contribution in [0.1, 0.15) is 36.3 Å².